The second kappa shape index (κ2) is 6.11. The summed E-state index contributed by atoms with van der Waals surface area (Å²) in [6, 6.07) is 1.95. The molecule has 2 heterocycles. The highest BCUT2D eigenvalue weighted by Crippen LogP contribution is 2.17. The van der Waals surface area contributed by atoms with Crippen LogP contribution in [0, 0.1) is 0 Å². The van der Waals surface area contributed by atoms with E-state index in [4.69, 9.17) is 0 Å². The molecule has 0 unspecified atom stereocenters. The van der Waals surface area contributed by atoms with Gasteiger partial charge in [0.1, 0.15) is 0 Å². The van der Waals surface area contributed by atoms with Gasteiger partial charge in [-0.25, -0.2) is 13.4 Å². The summed E-state index contributed by atoms with van der Waals surface area (Å²) in [5, 5.41) is 2.55. The Kier molecular flexibility index (Phi) is 4.59. The van der Waals surface area contributed by atoms with Gasteiger partial charge in [-0.3, -0.25) is 4.79 Å². The number of hydrogen-bond acceptors (Lipinski definition) is 5. The quantitative estimate of drug-likeness (QED) is 0.883. The Labute approximate surface area is 124 Å². The lowest BCUT2D eigenvalue weighted by atomic mass is 10.2. The molecule has 0 saturated carbocycles. The third-order valence-electron chi connectivity index (χ3n) is 2.95. The van der Waals surface area contributed by atoms with Gasteiger partial charge in [0.2, 0.25) is 5.88 Å². The smallest absolute Gasteiger partial charge is 0.422 e. The number of hydrogen-bond donors (Lipinski definition) is 1. The number of amides is 1. The van der Waals surface area contributed by atoms with Crippen molar-refractivity contribution >= 4 is 15.7 Å². The molecule has 1 aromatic heterocycles. The van der Waals surface area contributed by atoms with Crippen molar-refractivity contribution in [3.63, 3.8) is 0 Å². The van der Waals surface area contributed by atoms with Crippen LogP contribution >= 0.6 is 0 Å². The molecule has 1 saturated heterocycles. The van der Waals surface area contributed by atoms with Crippen molar-refractivity contribution in [2.24, 2.45) is 0 Å². The molecule has 1 aromatic rings. The molecule has 0 aromatic carbocycles. The zero-order valence-corrected chi connectivity index (χ0v) is 12.1. The van der Waals surface area contributed by atoms with Crippen LogP contribution in [0.15, 0.2) is 18.3 Å². The Bertz CT molecular complexity index is 643. The third-order valence-corrected chi connectivity index (χ3v) is 4.72. The van der Waals surface area contributed by atoms with Gasteiger partial charge in [0.05, 0.1) is 17.1 Å². The topological polar surface area (TPSA) is 85.4 Å². The Hall–Kier alpha value is -1.84. The number of nitrogens with zero attached hydrogens (tertiary/aromatic N) is 1. The molecule has 1 atom stereocenters. The van der Waals surface area contributed by atoms with E-state index in [-0.39, 0.29) is 22.9 Å². The monoisotopic (exact) mass is 338 g/mol. The molecule has 0 aliphatic carbocycles. The molecule has 1 amide bonds. The maximum atomic E-state index is 12.0. The van der Waals surface area contributed by atoms with Gasteiger partial charge >= 0.3 is 6.18 Å². The largest absolute Gasteiger partial charge is 0.468 e. The minimum atomic E-state index is -4.47. The molecule has 6 nitrogen and oxygen atoms in total. The first-order valence-corrected chi connectivity index (χ1v) is 8.14. The average molecular weight is 338 g/mol. The van der Waals surface area contributed by atoms with Crippen molar-refractivity contribution in [2.45, 2.75) is 18.6 Å². The maximum absolute atomic E-state index is 12.0. The van der Waals surface area contributed by atoms with E-state index in [1.54, 1.807) is 0 Å². The van der Waals surface area contributed by atoms with E-state index >= 15 is 0 Å². The van der Waals surface area contributed by atoms with Gasteiger partial charge in [-0.05, 0) is 12.5 Å². The van der Waals surface area contributed by atoms with Crippen LogP contribution < -0.4 is 10.1 Å². The van der Waals surface area contributed by atoms with Crippen LogP contribution in [0.3, 0.4) is 0 Å². The summed E-state index contributed by atoms with van der Waals surface area (Å²) in [6.45, 7) is -1.47. The van der Waals surface area contributed by atoms with Crippen molar-refractivity contribution in [3.8, 4) is 5.88 Å². The Morgan fingerprint density at radius 1 is 1.41 bits per heavy atom. The van der Waals surface area contributed by atoms with Crippen molar-refractivity contribution < 1.29 is 31.1 Å². The second-order valence-electron chi connectivity index (χ2n) is 4.86. The van der Waals surface area contributed by atoms with E-state index in [1.165, 1.54) is 6.07 Å². The number of alkyl halides is 3. The summed E-state index contributed by atoms with van der Waals surface area (Å²) in [7, 11) is -3.11. The number of carbonyl (C=O) groups excluding carboxylic acids is 1. The molecule has 0 bridgehead atoms. The summed E-state index contributed by atoms with van der Waals surface area (Å²) in [5.41, 5.74) is 0.114. The van der Waals surface area contributed by atoms with Gasteiger partial charge in [-0.1, -0.05) is 0 Å². The van der Waals surface area contributed by atoms with Crippen LogP contribution in [0.2, 0.25) is 0 Å². The molecular formula is C12H13F3N2O4S. The number of pyridine rings is 1. The Morgan fingerprint density at radius 3 is 2.64 bits per heavy atom. The van der Waals surface area contributed by atoms with E-state index in [2.05, 4.69) is 15.0 Å². The highest BCUT2D eigenvalue weighted by atomic mass is 32.2. The minimum Gasteiger partial charge on any atom is -0.468 e. The van der Waals surface area contributed by atoms with Crippen molar-refractivity contribution in [2.75, 3.05) is 18.1 Å². The van der Waals surface area contributed by atoms with Crippen LogP contribution in [-0.4, -0.2) is 49.6 Å². The zero-order valence-electron chi connectivity index (χ0n) is 11.3. The molecule has 0 spiro atoms. The van der Waals surface area contributed by atoms with Crippen LogP contribution in [0.25, 0.3) is 0 Å². The van der Waals surface area contributed by atoms with Crippen LogP contribution in [0.5, 0.6) is 5.88 Å². The summed E-state index contributed by atoms with van der Waals surface area (Å²) in [6.07, 6.45) is -3.05. The Morgan fingerprint density at radius 2 is 2.14 bits per heavy atom. The molecule has 2 rings (SSSR count). The standard InChI is InChI=1S/C12H13F3N2O4S/c13-12(14,15)7-21-10-2-1-8(5-16-10)11(18)17-9-3-4-22(19,20)6-9/h1-2,5,9H,3-4,6-7H2,(H,17,18)/t9-/m0/s1. The average Bonchev–Trinajstić information content (AvgIpc) is 2.75. The normalized spacial score (nSPS) is 20.6. The first kappa shape index (κ1) is 16.5. The lowest BCUT2D eigenvalue weighted by molar-refractivity contribution is -0.154. The summed E-state index contributed by atoms with van der Waals surface area (Å²) in [4.78, 5) is 15.5. The fraction of sp³-hybridized carbons (Fsp3) is 0.500. The van der Waals surface area contributed by atoms with Gasteiger partial charge in [0, 0.05) is 18.3 Å². The highest BCUT2D eigenvalue weighted by molar-refractivity contribution is 7.91. The van der Waals surface area contributed by atoms with E-state index in [0.717, 1.165) is 12.3 Å². The maximum Gasteiger partial charge on any atom is 0.422 e. The summed E-state index contributed by atoms with van der Waals surface area (Å²) < 4.78 is 62.9. The van der Waals surface area contributed by atoms with Crippen LogP contribution in [0.1, 0.15) is 16.8 Å². The van der Waals surface area contributed by atoms with E-state index in [9.17, 15) is 26.4 Å². The van der Waals surface area contributed by atoms with Crippen LogP contribution in [0.4, 0.5) is 13.2 Å². The van der Waals surface area contributed by atoms with E-state index in [1.807, 2.05) is 0 Å². The fourth-order valence-corrected chi connectivity index (χ4v) is 3.61. The van der Waals surface area contributed by atoms with Gasteiger partial charge in [-0.2, -0.15) is 13.2 Å². The molecular weight excluding hydrogens is 325 g/mol. The fourth-order valence-electron chi connectivity index (χ4n) is 1.93. The first-order chi connectivity index (χ1) is 10.1. The predicted molar refractivity (Wildman–Crippen MR) is 70.3 cm³/mol. The molecule has 10 heteroatoms. The first-order valence-electron chi connectivity index (χ1n) is 6.31. The number of ether oxygens (including phenoxy) is 1. The van der Waals surface area contributed by atoms with Crippen LogP contribution in [-0.2, 0) is 9.84 Å². The van der Waals surface area contributed by atoms with Crippen molar-refractivity contribution in [1.29, 1.82) is 0 Å². The second-order valence-corrected chi connectivity index (χ2v) is 7.09. The third kappa shape index (κ3) is 4.86. The highest BCUT2D eigenvalue weighted by Gasteiger charge is 2.30. The van der Waals surface area contributed by atoms with E-state index < -0.39 is 34.6 Å². The lowest BCUT2D eigenvalue weighted by Gasteiger charge is -2.11. The molecule has 122 valence electrons. The molecule has 22 heavy (non-hydrogen) atoms. The van der Waals surface area contributed by atoms with Gasteiger partial charge in [-0.15, -0.1) is 0 Å². The van der Waals surface area contributed by atoms with Gasteiger partial charge in [0.25, 0.3) is 5.91 Å². The zero-order chi connectivity index (χ0) is 16.4. The molecule has 1 aliphatic rings. The number of rotatable bonds is 4. The predicted octanol–water partition coefficient (Wildman–Crippen LogP) is 0.940. The van der Waals surface area contributed by atoms with Crippen molar-refractivity contribution in [1.82, 2.24) is 10.3 Å². The lowest BCUT2D eigenvalue weighted by Crippen LogP contribution is -2.35. The van der Waals surface area contributed by atoms with Gasteiger partial charge < -0.3 is 10.1 Å². The van der Waals surface area contributed by atoms with Gasteiger partial charge in [0.15, 0.2) is 16.4 Å². The summed E-state index contributed by atoms with van der Waals surface area (Å²) in [5.74, 6) is -0.867. The SMILES string of the molecule is O=C(N[C@H]1CCS(=O)(=O)C1)c1ccc(OCC(F)(F)F)nc1. The van der Waals surface area contributed by atoms with Crippen molar-refractivity contribution in [3.05, 3.63) is 23.9 Å². The molecule has 1 N–H and O–H groups in total. The number of halogens is 3. The summed E-state index contributed by atoms with van der Waals surface area (Å²) >= 11 is 0. The molecule has 1 aliphatic heterocycles. The minimum absolute atomic E-state index is 0.0282. The Balaban J connectivity index is 1.91. The number of aromatic nitrogens is 1. The van der Waals surface area contributed by atoms with E-state index in [0.29, 0.717) is 6.42 Å². The number of sulfone groups is 1. The molecule has 0 radical (unpaired) electrons. The molecule has 1 fully saturated rings. The number of nitrogens with one attached hydrogen (secondary N) is 1. The number of carbonyl (C=O) groups is 1.